The highest BCUT2D eigenvalue weighted by Gasteiger charge is 2.28. The van der Waals surface area contributed by atoms with E-state index in [1.807, 2.05) is 27.7 Å². The third kappa shape index (κ3) is 7.19. The predicted octanol–water partition coefficient (Wildman–Crippen LogP) is 2.40. The Hall–Kier alpha value is 0.260. The van der Waals surface area contributed by atoms with Crippen molar-refractivity contribution < 1.29 is 22.7 Å². The highest BCUT2D eigenvalue weighted by Crippen LogP contribution is 2.45. The minimum absolute atomic E-state index is 0.0113. The van der Waals surface area contributed by atoms with Crippen LogP contribution in [0.4, 0.5) is 0 Å². The van der Waals surface area contributed by atoms with Gasteiger partial charge in [-0.2, -0.15) is 0 Å². The fraction of sp³-hybridized carbons (Fsp3) is 1.00. The zero-order valence-electron chi connectivity index (χ0n) is 9.47. The van der Waals surface area contributed by atoms with Crippen LogP contribution in [-0.4, -0.2) is 20.3 Å². The molecule has 0 aromatic rings. The maximum absolute atomic E-state index is 11.0. The average Bonchev–Trinajstić information content (AvgIpc) is 1.97. The van der Waals surface area contributed by atoms with Crippen molar-refractivity contribution in [3.63, 3.8) is 0 Å². The highest BCUT2D eigenvalue weighted by molar-refractivity contribution is 8.42. The standard InChI is InChI=1S/C8H19O5PS/c1-7(5-8(2,3)4)6-13-14(9,10)15(11)12/h7H,5-6H2,1-4H3,(H,9,10)(H,11,12). The van der Waals surface area contributed by atoms with Crippen molar-refractivity contribution in [2.24, 2.45) is 11.3 Å². The van der Waals surface area contributed by atoms with Gasteiger partial charge in [0.1, 0.15) is 0 Å². The summed E-state index contributed by atoms with van der Waals surface area (Å²) in [5.74, 6) is 0.0639. The lowest BCUT2D eigenvalue weighted by molar-refractivity contribution is 0.193. The van der Waals surface area contributed by atoms with E-state index in [2.05, 4.69) is 4.52 Å². The zero-order valence-corrected chi connectivity index (χ0v) is 11.2. The van der Waals surface area contributed by atoms with Gasteiger partial charge in [0, 0.05) is 0 Å². The van der Waals surface area contributed by atoms with Crippen LogP contribution in [0.15, 0.2) is 0 Å². The molecule has 15 heavy (non-hydrogen) atoms. The van der Waals surface area contributed by atoms with Crippen LogP contribution in [0.25, 0.3) is 0 Å². The van der Waals surface area contributed by atoms with Crippen LogP contribution in [0.5, 0.6) is 0 Å². The van der Waals surface area contributed by atoms with Crippen LogP contribution in [0.3, 0.4) is 0 Å². The minimum Gasteiger partial charge on any atom is -0.313 e. The van der Waals surface area contributed by atoms with Crippen LogP contribution >= 0.6 is 6.80 Å². The van der Waals surface area contributed by atoms with Crippen molar-refractivity contribution in [1.29, 1.82) is 0 Å². The Kier molecular flexibility index (Phi) is 5.64. The average molecular weight is 258 g/mol. The summed E-state index contributed by atoms with van der Waals surface area (Å²) in [5.41, 5.74) is 0.0978. The molecule has 92 valence electrons. The van der Waals surface area contributed by atoms with E-state index in [-0.39, 0.29) is 17.9 Å². The molecule has 0 fully saturated rings. The largest absolute Gasteiger partial charge is 0.442 e. The van der Waals surface area contributed by atoms with Gasteiger partial charge in [0.25, 0.3) is 10.7 Å². The Balaban J connectivity index is 4.07. The Labute approximate surface area is 92.8 Å². The molecule has 0 bridgehead atoms. The summed E-state index contributed by atoms with van der Waals surface area (Å²) < 4.78 is 34.4. The molecule has 0 amide bonds. The van der Waals surface area contributed by atoms with Crippen molar-refractivity contribution in [3.8, 4) is 0 Å². The topological polar surface area (TPSA) is 83.8 Å². The van der Waals surface area contributed by atoms with Gasteiger partial charge in [-0.3, -0.25) is 9.08 Å². The molecule has 0 aliphatic rings. The molecule has 7 heteroatoms. The molecule has 2 N–H and O–H groups in total. The summed E-state index contributed by atoms with van der Waals surface area (Å²) in [7, 11) is -2.83. The smallest absolute Gasteiger partial charge is 0.313 e. The number of hydrogen-bond acceptors (Lipinski definition) is 3. The SMILES string of the molecule is CC(COP(=O)(O)S(=O)O)CC(C)(C)C. The van der Waals surface area contributed by atoms with Gasteiger partial charge in [0.05, 0.1) is 6.61 Å². The number of hydrogen-bond donors (Lipinski definition) is 2. The van der Waals surface area contributed by atoms with E-state index in [4.69, 9.17) is 9.45 Å². The molecule has 0 heterocycles. The maximum Gasteiger partial charge on any atom is 0.442 e. The van der Waals surface area contributed by atoms with Crippen molar-refractivity contribution in [2.75, 3.05) is 6.61 Å². The number of rotatable bonds is 5. The molecule has 0 radical (unpaired) electrons. The van der Waals surface area contributed by atoms with Gasteiger partial charge in [0.15, 0.2) is 0 Å². The van der Waals surface area contributed by atoms with Crippen molar-refractivity contribution >= 4 is 17.5 Å². The molecule has 0 spiro atoms. The van der Waals surface area contributed by atoms with Crippen LogP contribution < -0.4 is 0 Å². The summed E-state index contributed by atoms with van der Waals surface area (Å²) in [5, 5.41) is 0. The van der Waals surface area contributed by atoms with Gasteiger partial charge in [-0.05, 0) is 17.8 Å². The lowest BCUT2D eigenvalue weighted by atomic mass is 9.86. The lowest BCUT2D eigenvalue weighted by Crippen LogP contribution is -2.15. The molecular formula is C8H19O5PS. The first-order valence-electron chi connectivity index (χ1n) is 4.63. The van der Waals surface area contributed by atoms with E-state index in [1.54, 1.807) is 0 Å². The molecule has 0 aromatic carbocycles. The van der Waals surface area contributed by atoms with Crippen LogP contribution in [-0.2, 0) is 19.8 Å². The third-order valence-electron chi connectivity index (χ3n) is 1.68. The molecule has 0 saturated carbocycles. The molecule has 0 rings (SSSR count). The van der Waals surface area contributed by atoms with Crippen LogP contribution in [0, 0.1) is 11.3 Å². The minimum atomic E-state index is -4.36. The van der Waals surface area contributed by atoms with E-state index >= 15 is 0 Å². The van der Waals surface area contributed by atoms with E-state index in [9.17, 15) is 8.77 Å². The Morgan fingerprint density at radius 2 is 1.93 bits per heavy atom. The van der Waals surface area contributed by atoms with Crippen LogP contribution in [0.1, 0.15) is 34.1 Å². The Morgan fingerprint density at radius 3 is 2.27 bits per heavy atom. The van der Waals surface area contributed by atoms with Gasteiger partial charge in [-0.1, -0.05) is 27.7 Å². The van der Waals surface area contributed by atoms with Gasteiger partial charge < -0.3 is 4.89 Å². The summed E-state index contributed by atoms with van der Waals surface area (Å²) in [6.07, 6.45) is 0.811. The quantitative estimate of drug-likeness (QED) is 0.584. The molecule has 5 nitrogen and oxygen atoms in total. The molecular weight excluding hydrogens is 239 g/mol. The first-order chi connectivity index (χ1) is 6.54. The lowest BCUT2D eigenvalue weighted by Gasteiger charge is -2.23. The molecule has 0 aliphatic heterocycles. The monoisotopic (exact) mass is 258 g/mol. The van der Waals surface area contributed by atoms with E-state index in [1.165, 1.54) is 0 Å². The summed E-state index contributed by atoms with van der Waals surface area (Å²) in [6, 6.07) is 0. The second-order valence-electron chi connectivity index (χ2n) is 4.86. The Morgan fingerprint density at radius 1 is 1.47 bits per heavy atom. The maximum atomic E-state index is 11.0. The zero-order chi connectivity index (χ0) is 12.3. The first-order valence-corrected chi connectivity index (χ1v) is 7.92. The van der Waals surface area contributed by atoms with Gasteiger partial charge in [-0.25, -0.2) is 8.77 Å². The highest BCUT2D eigenvalue weighted by atomic mass is 32.8. The van der Waals surface area contributed by atoms with Gasteiger partial charge in [0.2, 0.25) is 0 Å². The van der Waals surface area contributed by atoms with Crippen molar-refractivity contribution in [2.45, 2.75) is 34.1 Å². The van der Waals surface area contributed by atoms with Crippen molar-refractivity contribution in [3.05, 3.63) is 0 Å². The summed E-state index contributed by atoms with van der Waals surface area (Å²) in [6.45, 7) is 3.67. The fourth-order valence-electron chi connectivity index (χ4n) is 1.37. The van der Waals surface area contributed by atoms with E-state index in [0.29, 0.717) is 0 Å². The molecule has 3 unspecified atom stereocenters. The molecule has 0 aliphatic carbocycles. The fourth-order valence-corrected chi connectivity index (χ4v) is 2.36. The predicted molar refractivity (Wildman–Crippen MR) is 59.8 cm³/mol. The normalized spacial score (nSPS) is 20.7. The molecule has 0 aromatic heterocycles. The molecule has 0 saturated heterocycles. The van der Waals surface area contributed by atoms with Gasteiger partial charge in [-0.15, -0.1) is 0 Å². The van der Waals surface area contributed by atoms with E-state index < -0.39 is 17.5 Å². The second-order valence-corrected chi connectivity index (χ2v) is 8.84. The van der Waals surface area contributed by atoms with Gasteiger partial charge >= 0.3 is 6.80 Å². The third-order valence-corrected chi connectivity index (χ3v) is 4.05. The van der Waals surface area contributed by atoms with Crippen molar-refractivity contribution in [1.82, 2.24) is 0 Å². The van der Waals surface area contributed by atoms with Crippen LogP contribution in [0.2, 0.25) is 0 Å². The first kappa shape index (κ1) is 15.3. The second kappa shape index (κ2) is 5.55. The summed E-state index contributed by atoms with van der Waals surface area (Å²) >= 11 is 0. The summed E-state index contributed by atoms with van der Waals surface area (Å²) in [4.78, 5) is 8.92. The Bertz CT molecular complexity index is 273. The molecule has 3 atom stereocenters. The van der Waals surface area contributed by atoms with E-state index in [0.717, 1.165) is 6.42 Å².